The number of hydrogen-bond donors (Lipinski definition) is 0. The lowest BCUT2D eigenvalue weighted by Gasteiger charge is -2.02. The lowest BCUT2D eigenvalue weighted by molar-refractivity contribution is 0.620. The summed E-state index contributed by atoms with van der Waals surface area (Å²) in [5, 5.41) is 12.5. The summed E-state index contributed by atoms with van der Waals surface area (Å²) >= 11 is 1.50. The fourth-order valence-corrected chi connectivity index (χ4v) is 2.84. The lowest BCUT2D eigenvalue weighted by Crippen LogP contribution is -1.92. The Morgan fingerprint density at radius 2 is 2.16 bits per heavy atom. The molecule has 94 valence electrons. The van der Waals surface area contributed by atoms with Crippen LogP contribution in [0.4, 0.5) is 4.39 Å². The van der Waals surface area contributed by atoms with Crippen LogP contribution in [0.25, 0.3) is 16.0 Å². The van der Waals surface area contributed by atoms with Gasteiger partial charge in [0, 0.05) is 17.0 Å². The molecule has 1 aromatic carbocycles. The predicted molar refractivity (Wildman–Crippen MR) is 73.1 cm³/mol. The Kier molecular flexibility index (Phi) is 2.61. The molecule has 3 rings (SSSR count). The van der Waals surface area contributed by atoms with Crippen molar-refractivity contribution >= 4 is 22.2 Å². The molecule has 19 heavy (non-hydrogen) atoms. The first-order chi connectivity index (χ1) is 9.10. The van der Waals surface area contributed by atoms with Crippen molar-refractivity contribution in [1.82, 2.24) is 9.55 Å². The zero-order valence-corrected chi connectivity index (χ0v) is 11.3. The fraction of sp³-hybridized carbons (Fsp3) is 0.143. The van der Waals surface area contributed by atoms with Gasteiger partial charge >= 0.3 is 0 Å². The van der Waals surface area contributed by atoms with E-state index in [0.29, 0.717) is 16.5 Å². The molecule has 3 nitrogen and oxygen atoms in total. The van der Waals surface area contributed by atoms with E-state index in [9.17, 15) is 4.39 Å². The first-order valence-electron chi connectivity index (χ1n) is 5.74. The molecule has 0 aliphatic rings. The molecule has 0 saturated carbocycles. The van der Waals surface area contributed by atoms with Crippen molar-refractivity contribution in [3.63, 3.8) is 0 Å². The normalized spacial score (nSPS) is 10.8. The van der Waals surface area contributed by atoms with E-state index in [2.05, 4.69) is 11.1 Å². The number of halogens is 1. The first-order valence-corrected chi connectivity index (χ1v) is 6.62. The molecule has 5 heteroatoms. The molecule has 0 aliphatic carbocycles. The van der Waals surface area contributed by atoms with Crippen LogP contribution in [-0.4, -0.2) is 9.55 Å². The Morgan fingerprint density at radius 1 is 1.37 bits per heavy atom. The van der Waals surface area contributed by atoms with Crippen molar-refractivity contribution in [1.29, 1.82) is 5.26 Å². The van der Waals surface area contributed by atoms with Gasteiger partial charge in [-0.15, -0.1) is 11.3 Å². The third-order valence-electron chi connectivity index (χ3n) is 3.02. The summed E-state index contributed by atoms with van der Waals surface area (Å²) in [7, 11) is 0. The Labute approximate surface area is 113 Å². The van der Waals surface area contributed by atoms with Crippen LogP contribution in [0.15, 0.2) is 23.7 Å². The Hall–Kier alpha value is -2.19. The minimum Gasteiger partial charge on any atom is -0.291 e. The second-order valence-electron chi connectivity index (χ2n) is 4.41. The van der Waals surface area contributed by atoms with Gasteiger partial charge in [-0.05, 0) is 31.5 Å². The summed E-state index contributed by atoms with van der Waals surface area (Å²) in [4.78, 5) is 4.41. The van der Waals surface area contributed by atoms with Gasteiger partial charge in [0.25, 0.3) is 0 Å². The molecular formula is C14H10FN3S. The monoisotopic (exact) mass is 271 g/mol. The maximum absolute atomic E-state index is 13.6. The standard InChI is InChI=1S/C14H10FN3S/c1-8-3-13-11(4-12(8)15)10(5-16)6-18(13)14-17-9(2)7-19-14/h3-4,6-7H,1-2H3. The summed E-state index contributed by atoms with van der Waals surface area (Å²) in [6, 6.07) is 5.27. The van der Waals surface area contributed by atoms with Crippen LogP contribution < -0.4 is 0 Å². The Bertz CT molecular complexity index is 823. The third-order valence-corrected chi connectivity index (χ3v) is 3.98. The quantitative estimate of drug-likeness (QED) is 0.677. The van der Waals surface area contributed by atoms with Gasteiger partial charge < -0.3 is 0 Å². The molecule has 0 bridgehead atoms. The second-order valence-corrected chi connectivity index (χ2v) is 5.25. The highest BCUT2D eigenvalue weighted by molar-refractivity contribution is 7.12. The molecule has 2 aromatic heterocycles. The number of aryl methyl sites for hydroxylation is 2. The largest absolute Gasteiger partial charge is 0.291 e. The number of aromatic nitrogens is 2. The fourth-order valence-electron chi connectivity index (χ4n) is 2.05. The van der Waals surface area contributed by atoms with Crippen molar-refractivity contribution < 1.29 is 4.39 Å². The molecule has 0 saturated heterocycles. The molecular weight excluding hydrogens is 261 g/mol. The average molecular weight is 271 g/mol. The van der Waals surface area contributed by atoms with Crippen molar-refractivity contribution in [3.8, 4) is 11.2 Å². The van der Waals surface area contributed by atoms with Crippen molar-refractivity contribution in [2.45, 2.75) is 13.8 Å². The van der Waals surface area contributed by atoms with Crippen LogP contribution in [0, 0.1) is 31.0 Å². The highest BCUT2D eigenvalue weighted by Gasteiger charge is 2.13. The van der Waals surface area contributed by atoms with Crippen molar-refractivity contribution in [3.05, 3.63) is 46.3 Å². The maximum Gasteiger partial charge on any atom is 0.194 e. The minimum absolute atomic E-state index is 0.294. The van der Waals surface area contributed by atoms with Crippen LogP contribution in [-0.2, 0) is 0 Å². The van der Waals surface area contributed by atoms with Crippen LogP contribution in [0.2, 0.25) is 0 Å². The van der Waals surface area contributed by atoms with Gasteiger partial charge in [-0.3, -0.25) is 4.57 Å². The van der Waals surface area contributed by atoms with E-state index in [-0.39, 0.29) is 5.82 Å². The zero-order chi connectivity index (χ0) is 13.6. The zero-order valence-electron chi connectivity index (χ0n) is 10.4. The molecule has 0 fully saturated rings. The van der Waals surface area contributed by atoms with E-state index in [1.54, 1.807) is 19.2 Å². The van der Waals surface area contributed by atoms with E-state index in [1.165, 1.54) is 17.4 Å². The van der Waals surface area contributed by atoms with E-state index >= 15 is 0 Å². The van der Waals surface area contributed by atoms with Crippen molar-refractivity contribution in [2.75, 3.05) is 0 Å². The number of fused-ring (bicyclic) bond motifs is 1. The molecule has 0 atom stereocenters. The second kappa shape index (κ2) is 4.18. The smallest absolute Gasteiger partial charge is 0.194 e. The topological polar surface area (TPSA) is 41.6 Å². The minimum atomic E-state index is -0.294. The van der Waals surface area contributed by atoms with Crippen LogP contribution >= 0.6 is 11.3 Å². The van der Waals surface area contributed by atoms with Gasteiger partial charge in [-0.25, -0.2) is 9.37 Å². The average Bonchev–Trinajstić information content (AvgIpc) is 2.94. The van der Waals surface area contributed by atoms with Crippen molar-refractivity contribution in [2.24, 2.45) is 0 Å². The number of benzene rings is 1. The van der Waals surface area contributed by atoms with Gasteiger partial charge in [-0.2, -0.15) is 5.26 Å². The lowest BCUT2D eigenvalue weighted by atomic mass is 10.1. The number of nitrogens with zero attached hydrogens (tertiary/aromatic N) is 3. The molecule has 2 heterocycles. The van der Waals surface area contributed by atoms with E-state index in [0.717, 1.165) is 16.3 Å². The molecule has 0 N–H and O–H groups in total. The molecule has 0 aliphatic heterocycles. The molecule has 0 unspecified atom stereocenters. The van der Waals surface area contributed by atoms with E-state index in [4.69, 9.17) is 5.26 Å². The van der Waals surface area contributed by atoms with Gasteiger partial charge in [0.2, 0.25) is 0 Å². The van der Waals surface area contributed by atoms with Crippen LogP contribution in [0.3, 0.4) is 0 Å². The number of nitriles is 1. The SMILES string of the molecule is Cc1csc(-n2cc(C#N)c3cc(F)c(C)cc32)n1. The predicted octanol–water partition coefficient (Wildman–Crippen LogP) is 3.71. The van der Waals surface area contributed by atoms with E-state index in [1.807, 2.05) is 16.9 Å². The third kappa shape index (κ3) is 1.81. The summed E-state index contributed by atoms with van der Waals surface area (Å²) in [6.07, 6.45) is 1.71. The number of thiazole rings is 1. The van der Waals surface area contributed by atoms with E-state index < -0.39 is 0 Å². The highest BCUT2D eigenvalue weighted by atomic mass is 32.1. The highest BCUT2D eigenvalue weighted by Crippen LogP contribution is 2.28. The summed E-state index contributed by atoms with van der Waals surface area (Å²) in [6.45, 7) is 3.63. The summed E-state index contributed by atoms with van der Waals surface area (Å²) < 4.78 is 15.5. The maximum atomic E-state index is 13.6. The van der Waals surface area contributed by atoms with Gasteiger partial charge in [0.05, 0.1) is 16.8 Å². The first kappa shape index (κ1) is 11.9. The van der Waals surface area contributed by atoms with Gasteiger partial charge in [0.1, 0.15) is 11.9 Å². The van der Waals surface area contributed by atoms with Gasteiger partial charge in [0.15, 0.2) is 5.13 Å². The summed E-state index contributed by atoms with van der Waals surface area (Å²) in [5.74, 6) is -0.294. The summed E-state index contributed by atoms with van der Waals surface area (Å²) in [5.41, 5.74) is 2.76. The van der Waals surface area contributed by atoms with Crippen LogP contribution in [0.1, 0.15) is 16.8 Å². The molecule has 0 radical (unpaired) electrons. The molecule has 0 amide bonds. The molecule has 3 aromatic rings. The number of rotatable bonds is 1. The Balaban J connectivity index is 2.37. The number of hydrogen-bond acceptors (Lipinski definition) is 3. The molecule has 0 spiro atoms. The van der Waals surface area contributed by atoms with Crippen LogP contribution in [0.5, 0.6) is 0 Å². The Morgan fingerprint density at radius 3 is 2.79 bits per heavy atom. The van der Waals surface area contributed by atoms with Gasteiger partial charge in [-0.1, -0.05) is 0 Å².